The first-order valence-electron chi connectivity index (χ1n) is 7.69. The molecule has 6 heteroatoms. The number of hydrogen-bond donors (Lipinski definition) is 1. The summed E-state index contributed by atoms with van der Waals surface area (Å²) in [5.74, 6) is 0.160. The molecule has 1 N–H and O–H groups in total. The Morgan fingerprint density at radius 2 is 2.09 bits per heavy atom. The van der Waals surface area contributed by atoms with E-state index < -0.39 is 5.63 Å². The highest BCUT2D eigenvalue weighted by atomic mass is 35.5. The highest BCUT2D eigenvalue weighted by Gasteiger charge is 2.17. The molecule has 1 aliphatic rings. The van der Waals surface area contributed by atoms with E-state index in [-0.39, 0.29) is 18.6 Å². The van der Waals surface area contributed by atoms with Crippen molar-refractivity contribution in [2.24, 2.45) is 0 Å². The first-order valence-corrected chi connectivity index (χ1v) is 8.07. The predicted octanol–water partition coefficient (Wildman–Crippen LogP) is 3.19. The molecule has 1 fully saturated rings. The lowest BCUT2D eigenvalue weighted by molar-refractivity contribution is -0.123. The number of carbonyl (C=O) groups excluding carboxylic acids is 1. The lowest BCUT2D eigenvalue weighted by atomic mass is 10.1. The van der Waals surface area contributed by atoms with Crippen molar-refractivity contribution >= 4 is 28.5 Å². The number of benzene rings is 1. The van der Waals surface area contributed by atoms with Gasteiger partial charge in [0, 0.05) is 23.6 Å². The zero-order valence-corrected chi connectivity index (χ0v) is 13.6. The Hall–Kier alpha value is -2.01. The molecule has 0 aliphatic heterocycles. The molecule has 23 heavy (non-hydrogen) atoms. The Labute approximate surface area is 138 Å². The average molecular weight is 336 g/mol. The third-order valence-corrected chi connectivity index (χ3v) is 4.38. The fourth-order valence-electron chi connectivity index (χ4n) is 2.91. The van der Waals surface area contributed by atoms with Crippen LogP contribution in [0.15, 0.2) is 27.4 Å². The van der Waals surface area contributed by atoms with E-state index in [1.807, 2.05) is 6.92 Å². The molecule has 0 saturated heterocycles. The first-order chi connectivity index (χ1) is 11.0. The topological polar surface area (TPSA) is 68.5 Å². The van der Waals surface area contributed by atoms with Gasteiger partial charge in [-0.05, 0) is 31.4 Å². The van der Waals surface area contributed by atoms with E-state index in [1.165, 1.54) is 6.07 Å². The van der Waals surface area contributed by atoms with Crippen LogP contribution < -0.4 is 15.7 Å². The number of ether oxygens (including phenoxy) is 1. The molecule has 5 nitrogen and oxygen atoms in total. The Kier molecular flexibility index (Phi) is 4.57. The summed E-state index contributed by atoms with van der Waals surface area (Å²) in [7, 11) is 0. The first kappa shape index (κ1) is 15.9. The maximum atomic E-state index is 11.9. The van der Waals surface area contributed by atoms with E-state index in [9.17, 15) is 9.59 Å². The van der Waals surface area contributed by atoms with Crippen LogP contribution in [0, 0.1) is 6.92 Å². The van der Waals surface area contributed by atoms with Crippen molar-refractivity contribution in [3.05, 3.63) is 39.2 Å². The Bertz CT molecular complexity index is 793. The van der Waals surface area contributed by atoms with Gasteiger partial charge >= 0.3 is 5.63 Å². The van der Waals surface area contributed by atoms with Crippen molar-refractivity contribution in [1.29, 1.82) is 0 Å². The summed E-state index contributed by atoms with van der Waals surface area (Å²) >= 11 is 6.19. The van der Waals surface area contributed by atoms with Gasteiger partial charge in [0.15, 0.2) is 6.61 Å². The molecule has 0 bridgehead atoms. The Morgan fingerprint density at radius 3 is 2.83 bits per heavy atom. The molecule has 1 aromatic carbocycles. The molecule has 0 atom stereocenters. The van der Waals surface area contributed by atoms with Crippen molar-refractivity contribution in [1.82, 2.24) is 5.32 Å². The second-order valence-electron chi connectivity index (χ2n) is 5.86. The molecule has 3 rings (SSSR count). The van der Waals surface area contributed by atoms with E-state index >= 15 is 0 Å². The van der Waals surface area contributed by atoms with Gasteiger partial charge in [0.25, 0.3) is 5.91 Å². The average Bonchev–Trinajstić information content (AvgIpc) is 2.99. The van der Waals surface area contributed by atoms with Gasteiger partial charge in [-0.1, -0.05) is 24.4 Å². The summed E-state index contributed by atoms with van der Waals surface area (Å²) in [6, 6.07) is 4.89. The van der Waals surface area contributed by atoms with E-state index in [0.29, 0.717) is 16.4 Å². The number of fused-ring (bicyclic) bond motifs is 1. The number of carbonyl (C=O) groups is 1. The van der Waals surface area contributed by atoms with Crippen LogP contribution in [-0.4, -0.2) is 18.6 Å². The third kappa shape index (κ3) is 3.67. The second-order valence-corrected chi connectivity index (χ2v) is 6.27. The molecular formula is C17H18ClNO4. The van der Waals surface area contributed by atoms with Crippen molar-refractivity contribution in [2.45, 2.75) is 38.6 Å². The monoisotopic (exact) mass is 335 g/mol. The zero-order chi connectivity index (χ0) is 16.4. The van der Waals surface area contributed by atoms with Crippen molar-refractivity contribution in [2.75, 3.05) is 6.61 Å². The normalized spacial score (nSPS) is 15.0. The number of aryl methyl sites for hydroxylation is 1. The number of amides is 1. The van der Waals surface area contributed by atoms with Gasteiger partial charge in [-0.2, -0.15) is 0 Å². The van der Waals surface area contributed by atoms with E-state index in [1.54, 1.807) is 12.1 Å². The van der Waals surface area contributed by atoms with Crippen LogP contribution in [0.25, 0.3) is 11.0 Å². The van der Waals surface area contributed by atoms with Gasteiger partial charge < -0.3 is 14.5 Å². The number of nitrogens with one attached hydrogen (secondary N) is 1. The molecule has 1 saturated carbocycles. The maximum Gasteiger partial charge on any atom is 0.336 e. The number of halogens is 1. The van der Waals surface area contributed by atoms with Crippen molar-refractivity contribution in [3.8, 4) is 5.75 Å². The van der Waals surface area contributed by atoms with Gasteiger partial charge in [0.1, 0.15) is 11.3 Å². The van der Waals surface area contributed by atoms with E-state index in [2.05, 4.69) is 5.32 Å². The fraction of sp³-hybridized carbons (Fsp3) is 0.412. The van der Waals surface area contributed by atoms with Gasteiger partial charge in [-0.25, -0.2) is 4.79 Å². The zero-order valence-electron chi connectivity index (χ0n) is 12.9. The van der Waals surface area contributed by atoms with Gasteiger partial charge in [0.05, 0.1) is 5.02 Å². The molecule has 0 spiro atoms. The van der Waals surface area contributed by atoms with E-state index in [4.69, 9.17) is 20.8 Å². The van der Waals surface area contributed by atoms with Crippen LogP contribution in [0.1, 0.15) is 31.2 Å². The second kappa shape index (κ2) is 6.62. The lowest BCUT2D eigenvalue weighted by Crippen LogP contribution is -2.36. The molecule has 2 aromatic rings. The largest absolute Gasteiger partial charge is 0.482 e. The third-order valence-electron chi connectivity index (χ3n) is 4.08. The van der Waals surface area contributed by atoms with Crippen LogP contribution in [0.4, 0.5) is 0 Å². The number of rotatable bonds is 4. The van der Waals surface area contributed by atoms with Crippen LogP contribution in [0.5, 0.6) is 5.75 Å². The van der Waals surface area contributed by atoms with Gasteiger partial charge in [-0.3, -0.25) is 4.79 Å². The molecule has 1 heterocycles. The summed E-state index contributed by atoms with van der Waals surface area (Å²) in [6.45, 7) is 1.70. The number of hydrogen-bond acceptors (Lipinski definition) is 4. The summed E-state index contributed by atoms with van der Waals surface area (Å²) in [5.41, 5.74) is 0.747. The minimum Gasteiger partial charge on any atom is -0.482 e. The maximum absolute atomic E-state index is 11.9. The quantitative estimate of drug-likeness (QED) is 0.871. The van der Waals surface area contributed by atoms with Crippen LogP contribution in [-0.2, 0) is 4.79 Å². The summed E-state index contributed by atoms with van der Waals surface area (Å²) < 4.78 is 10.6. The molecule has 1 aromatic heterocycles. The SMILES string of the molecule is Cc1cc(=O)oc2cc(OCC(=O)NC3CCCC3)c(Cl)cc12. The summed E-state index contributed by atoms with van der Waals surface area (Å²) in [6.07, 6.45) is 4.35. The Morgan fingerprint density at radius 1 is 1.35 bits per heavy atom. The lowest BCUT2D eigenvalue weighted by Gasteiger charge is -2.13. The molecule has 1 aliphatic carbocycles. The highest BCUT2D eigenvalue weighted by Crippen LogP contribution is 2.31. The summed E-state index contributed by atoms with van der Waals surface area (Å²) in [4.78, 5) is 23.4. The van der Waals surface area contributed by atoms with E-state index in [0.717, 1.165) is 36.6 Å². The van der Waals surface area contributed by atoms with Gasteiger partial charge in [-0.15, -0.1) is 0 Å². The van der Waals surface area contributed by atoms with Crippen LogP contribution in [0.2, 0.25) is 5.02 Å². The molecular weight excluding hydrogens is 318 g/mol. The van der Waals surface area contributed by atoms with Crippen molar-refractivity contribution < 1.29 is 13.9 Å². The van der Waals surface area contributed by atoms with Crippen molar-refractivity contribution in [3.63, 3.8) is 0 Å². The minimum atomic E-state index is -0.428. The van der Waals surface area contributed by atoms with Crippen LogP contribution in [0.3, 0.4) is 0 Å². The minimum absolute atomic E-state index is 0.113. The predicted molar refractivity (Wildman–Crippen MR) is 88.1 cm³/mol. The molecule has 0 radical (unpaired) electrons. The highest BCUT2D eigenvalue weighted by molar-refractivity contribution is 6.32. The van der Waals surface area contributed by atoms with Gasteiger partial charge in [0.2, 0.25) is 0 Å². The van der Waals surface area contributed by atoms with Crippen LogP contribution >= 0.6 is 11.6 Å². The molecule has 1 amide bonds. The molecule has 122 valence electrons. The Balaban J connectivity index is 1.73. The fourth-order valence-corrected chi connectivity index (χ4v) is 3.13. The smallest absolute Gasteiger partial charge is 0.336 e. The summed E-state index contributed by atoms with van der Waals surface area (Å²) in [5, 5.41) is 4.07. The standard InChI is InChI=1S/C17H18ClNO4/c1-10-6-17(21)23-14-8-15(13(18)7-12(10)14)22-9-16(20)19-11-4-2-3-5-11/h6-8,11H,2-5,9H2,1H3,(H,19,20). The molecule has 0 unspecified atom stereocenters.